The number of amides is 1. The van der Waals surface area contributed by atoms with Crippen LogP contribution in [0.3, 0.4) is 0 Å². The van der Waals surface area contributed by atoms with Crippen molar-refractivity contribution in [3.63, 3.8) is 0 Å². The number of alkyl halides is 4. The number of carbonyl (C=O) groups is 1. The summed E-state index contributed by atoms with van der Waals surface area (Å²) >= 11 is 5.73. The quantitative estimate of drug-likeness (QED) is 0.0867. The van der Waals surface area contributed by atoms with Crippen LogP contribution in [0.2, 0.25) is 0 Å². The molecule has 0 bridgehead atoms. The van der Waals surface area contributed by atoms with Crippen LogP contribution in [0.15, 0.2) is 60.7 Å². The predicted molar refractivity (Wildman–Crippen MR) is 180 cm³/mol. The average molecular weight is 694 g/mol. The number of hydrogen-bond acceptors (Lipinski definition) is 10. The maximum absolute atomic E-state index is 12.9. The number of nitrogens with zero attached hydrogens (tertiary/aromatic N) is 3. The van der Waals surface area contributed by atoms with Gasteiger partial charge in [-0.25, -0.2) is 4.79 Å². The third kappa shape index (κ3) is 15.1. The second kappa shape index (κ2) is 17.2. The summed E-state index contributed by atoms with van der Waals surface area (Å²) in [5.74, 6) is 0.962. The van der Waals surface area contributed by atoms with E-state index in [0.29, 0.717) is 43.6 Å². The molecule has 262 valence electrons. The molecule has 0 unspecified atom stereocenters. The summed E-state index contributed by atoms with van der Waals surface area (Å²) in [7, 11) is 0. The minimum atomic E-state index is -4.57. The Bertz CT molecular complexity index is 1480. The topological polar surface area (TPSA) is 132 Å². The third-order valence-corrected chi connectivity index (χ3v) is 6.62. The van der Waals surface area contributed by atoms with Crippen LogP contribution >= 0.6 is 11.6 Å². The molecule has 4 N–H and O–H groups in total. The van der Waals surface area contributed by atoms with Gasteiger partial charge in [-0.15, -0.1) is 11.6 Å². The van der Waals surface area contributed by atoms with E-state index in [0.717, 1.165) is 16.7 Å². The van der Waals surface area contributed by atoms with Crippen molar-refractivity contribution in [2.75, 3.05) is 42.8 Å². The van der Waals surface area contributed by atoms with Crippen molar-refractivity contribution in [3.8, 4) is 11.8 Å². The van der Waals surface area contributed by atoms with Gasteiger partial charge in [-0.3, -0.25) is 0 Å². The fourth-order valence-corrected chi connectivity index (χ4v) is 3.96. The molecule has 1 amide bonds. The van der Waals surface area contributed by atoms with Gasteiger partial charge in [-0.2, -0.15) is 28.1 Å². The highest BCUT2D eigenvalue weighted by molar-refractivity contribution is 6.19. The maximum Gasteiger partial charge on any atom is 0.422 e. The van der Waals surface area contributed by atoms with Crippen LogP contribution in [-0.2, 0) is 17.8 Å². The Morgan fingerprint density at radius 3 is 2.10 bits per heavy atom. The standard InChI is InChI=1S/C33H43ClF3N7O4/c1-22(15-34)18-46-26-13-9-24(10-14-26)17-39-27-42-28(44-29(43-27)47-21-33(35,36)37)41-25-11-7-23(8-12-25)16-38-19-32(5,6)20-40-30(45)48-31(2,3)4/h7-14,38H,1,15-21H2,2-6H3,(H,40,45)(H2,39,41,42,43,44). The lowest BCUT2D eigenvalue weighted by molar-refractivity contribution is -0.154. The zero-order valence-electron chi connectivity index (χ0n) is 27.8. The largest absolute Gasteiger partial charge is 0.489 e. The van der Waals surface area contributed by atoms with Crippen LogP contribution in [0.1, 0.15) is 45.7 Å². The van der Waals surface area contributed by atoms with Crippen LogP contribution in [0, 0.1) is 5.41 Å². The van der Waals surface area contributed by atoms with Crippen molar-refractivity contribution in [1.29, 1.82) is 0 Å². The summed E-state index contributed by atoms with van der Waals surface area (Å²) in [4.78, 5) is 24.3. The zero-order chi connectivity index (χ0) is 35.4. The lowest BCUT2D eigenvalue weighted by Crippen LogP contribution is -2.42. The number of benzene rings is 2. The smallest absolute Gasteiger partial charge is 0.422 e. The zero-order valence-corrected chi connectivity index (χ0v) is 28.5. The molecule has 0 aliphatic carbocycles. The number of aromatic nitrogens is 3. The van der Waals surface area contributed by atoms with Crippen molar-refractivity contribution in [2.24, 2.45) is 5.41 Å². The van der Waals surface area contributed by atoms with E-state index < -0.39 is 30.5 Å². The Morgan fingerprint density at radius 2 is 1.48 bits per heavy atom. The number of carbonyl (C=O) groups excluding carboxylic acids is 1. The molecule has 0 fully saturated rings. The fourth-order valence-electron chi connectivity index (χ4n) is 3.88. The lowest BCUT2D eigenvalue weighted by atomic mass is 9.93. The van der Waals surface area contributed by atoms with E-state index in [9.17, 15) is 18.0 Å². The third-order valence-electron chi connectivity index (χ3n) is 6.24. The van der Waals surface area contributed by atoms with Crippen LogP contribution in [0.25, 0.3) is 0 Å². The summed E-state index contributed by atoms with van der Waals surface area (Å²) in [5, 5.41) is 12.2. The number of alkyl carbamates (subject to hydrolysis) is 1. The van der Waals surface area contributed by atoms with Crippen molar-refractivity contribution in [2.45, 2.75) is 59.5 Å². The summed E-state index contributed by atoms with van der Waals surface area (Å²) < 4.78 is 54.3. The molecule has 0 spiro atoms. The Labute approximate surface area is 284 Å². The molecule has 0 saturated heterocycles. The molecule has 1 aromatic heterocycles. The Kier molecular flexibility index (Phi) is 13.7. The Morgan fingerprint density at radius 1 is 0.854 bits per heavy atom. The van der Waals surface area contributed by atoms with Gasteiger partial charge in [0.05, 0.1) is 0 Å². The molecule has 2 aromatic carbocycles. The van der Waals surface area contributed by atoms with Gasteiger partial charge in [-0.05, 0) is 67.2 Å². The number of hydrogen-bond donors (Lipinski definition) is 4. The highest BCUT2D eigenvalue weighted by Gasteiger charge is 2.29. The Hall–Kier alpha value is -4.30. The van der Waals surface area contributed by atoms with Gasteiger partial charge >= 0.3 is 18.3 Å². The van der Waals surface area contributed by atoms with E-state index in [1.54, 1.807) is 24.3 Å². The van der Waals surface area contributed by atoms with E-state index in [2.05, 4.69) is 42.8 Å². The molecule has 48 heavy (non-hydrogen) atoms. The molecule has 11 nitrogen and oxygen atoms in total. The lowest BCUT2D eigenvalue weighted by Gasteiger charge is -2.27. The van der Waals surface area contributed by atoms with Gasteiger partial charge in [0.15, 0.2) is 6.61 Å². The van der Waals surface area contributed by atoms with Gasteiger partial charge in [0.2, 0.25) is 11.9 Å². The van der Waals surface area contributed by atoms with E-state index >= 15 is 0 Å². The minimum Gasteiger partial charge on any atom is -0.489 e. The number of halogens is 4. The first-order valence-corrected chi connectivity index (χ1v) is 15.7. The molecule has 0 saturated carbocycles. The van der Waals surface area contributed by atoms with Gasteiger partial charge in [0.25, 0.3) is 0 Å². The summed E-state index contributed by atoms with van der Waals surface area (Å²) in [6, 6.07) is 14.1. The monoisotopic (exact) mass is 693 g/mol. The van der Waals surface area contributed by atoms with Crippen LogP contribution in [-0.4, -0.2) is 65.0 Å². The van der Waals surface area contributed by atoms with Gasteiger partial charge < -0.3 is 35.5 Å². The average Bonchev–Trinajstić information content (AvgIpc) is 3.01. The highest BCUT2D eigenvalue weighted by Crippen LogP contribution is 2.21. The summed E-state index contributed by atoms with van der Waals surface area (Å²) in [6.07, 6.45) is -5.03. The van der Waals surface area contributed by atoms with E-state index in [1.807, 2.05) is 58.9 Å². The first-order chi connectivity index (χ1) is 22.5. The molecule has 0 aliphatic heterocycles. The first-order valence-electron chi connectivity index (χ1n) is 15.2. The van der Waals surface area contributed by atoms with Crippen molar-refractivity contribution in [1.82, 2.24) is 25.6 Å². The molecule has 0 aliphatic rings. The molecule has 0 radical (unpaired) electrons. The second-order valence-corrected chi connectivity index (χ2v) is 13.1. The predicted octanol–water partition coefficient (Wildman–Crippen LogP) is 6.98. The Balaban J connectivity index is 1.58. The number of nitrogens with one attached hydrogen (secondary N) is 4. The molecule has 3 aromatic rings. The van der Waals surface area contributed by atoms with E-state index in [4.69, 9.17) is 25.8 Å². The summed E-state index contributed by atoms with van der Waals surface area (Å²) in [6.45, 7) is 13.9. The highest BCUT2D eigenvalue weighted by atomic mass is 35.5. The van der Waals surface area contributed by atoms with Crippen LogP contribution < -0.4 is 30.7 Å². The molecule has 0 atom stereocenters. The molecular weight excluding hydrogens is 651 g/mol. The first kappa shape index (κ1) is 38.2. The minimum absolute atomic E-state index is 0.00180. The normalized spacial score (nSPS) is 11.9. The van der Waals surface area contributed by atoms with Gasteiger partial charge in [0.1, 0.15) is 18.0 Å². The summed E-state index contributed by atoms with van der Waals surface area (Å²) in [5.41, 5.74) is 2.40. The molecular formula is C33H43ClF3N7O4. The molecule has 1 heterocycles. The second-order valence-electron chi connectivity index (χ2n) is 12.8. The van der Waals surface area contributed by atoms with Gasteiger partial charge in [0, 0.05) is 37.7 Å². The van der Waals surface area contributed by atoms with E-state index in [-0.39, 0.29) is 23.9 Å². The number of rotatable bonds is 17. The molecule has 3 rings (SSSR count). The maximum atomic E-state index is 12.9. The SMILES string of the molecule is C=C(CCl)COc1ccc(CNc2nc(Nc3ccc(CNCC(C)(C)CNC(=O)OC(C)(C)C)cc3)nc(OCC(F)(F)F)n2)cc1. The fraction of sp³-hybridized carbons (Fsp3) is 0.455. The van der Waals surface area contributed by atoms with Crippen molar-refractivity contribution < 1.29 is 32.2 Å². The van der Waals surface area contributed by atoms with Crippen molar-refractivity contribution in [3.05, 3.63) is 71.8 Å². The molecule has 15 heteroatoms. The van der Waals surface area contributed by atoms with Crippen molar-refractivity contribution >= 4 is 35.3 Å². The number of anilines is 3. The van der Waals surface area contributed by atoms with Crippen LogP contribution in [0.5, 0.6) is 11.8 Å². The van der Waals surface area contributed by atoms with E-state index in [1.165, 1.54) is 0 Å². The van der Waals surface area contributed by atoms with Crippen LogP contribution in [0.4, 0.5) is 35.5 Å². The van der Waals surface area contributed by atoms with Gasteiger partial charge in [-0.1, -0.05) is 44.7 Å². The number of ether oxygens (including phenoxy) is 3.